The van der Waals surface area contributed by atoms with Crippen LogP contribution in [0.5, 0.6) is 0 Å². The minimum Gasteiger partial charge on any atom is -0.472 e. The maximum Gasteiger partial charge on any atom is 0.410 e. The molecule has 12 heteroatoms. The molecule has 1 unspecified atom stereocenters. The molecular formula is C23H26N4O6S2. The molecule has 2 amide bonds. The maximum atomic E-state index is 12.7. The van der Waals surface area contributed by atoms with Crippen LogP contribution in [-0.4, -0.2) is 56.8 Å². The number of anilines is 1. The lowest BCUT2D eigenvalue weighted by Crippen LogP contribution is -2.47. The summed E-state index contributed by atoms with van der Waals surface area (Å²) in [5, 5.41) is 12.9. The van der Waals surface area contributed by atoms with Gasteiger partial charge in [0.2, 0.25) is 15.9 Å². The van der Waals surface area contributed by atoms with E-state index in [1.807, 2.05) is 0 Å². The van der Waals surface area contributed by atoms with Gasteiger partial charge in [0.05, 0.1) is 24.3 Å². The van der Waals surface area contributed by atoms with Gasteiger partial charge in [0.1, 0.15) is 17.2 Å². The molecule has 0 radical (unpaired) electrons. The summed E-state index contributed by atoms with van der Waals surface area (Å²) in [5.41, 5.74) is 2.11. The van der Waals surface area contributed by atoms with E-state index in [0.29, 0.717) is 55.8 Å². The zero-order valence-electron chi connectivity index (χ0n) is 19.2. The fraction of sp³-hybridized carbons (Fsp3) is 0.435. The van der Waals surface area contributed by atoms with E-state index in [1.165, 1.54) is 29.9 Å². The van der Waals surface area contributed by atoms with E-state index in [9.17, 15) is 23.3 Å². The van der Waals surface area contributed by atoms with Crippen molar-refractivity contribution in [3.8, 4) is 6.07 Å². The largest absolute Gasteiger partial charge is 0.472 e. The summed E-state index contributed by atoms with van der Waals surface area (Å²) in [7, 11) is -3.28. The van der Waals surface area contributed by atoms with Gasteiger partial charge in [0.15, 0.2) is 0 Å². The van der Waals surface area contributed by atoms with E-state index in [1.54, 1.807) is 17.0 Å². The molecule has 1 atom stereocenters. The number of hydrogen-bond donors (Lipinski definition) is 2. The van der Waals surface area contributed by atoms with Gasteiger partial charge in [0.25, 0.3) is 0 Å². The minimum absolute atomic E-state index is 0.176. The zero-order chi connectivity index (χ0) is 25.0. The summed E-state index contributed by atoms with van der Waals surface area (Å²) in [6.07, 6.45) is 9.13. The molecule has 10 nitrogen and oxygen atoms in total. The molecule has 2 aromatic rings. The van der Waals surface area contributed by atoms with E-state index in [0.717, 1.165) is 22.3 Å². The van der Waals surface area contributed by atoms with Crippen LogP contribution in [-0.2, 0) is 32.4 Å². The summed E-state index contributed by atoms with van der Waals surface area (Å²) in [6, 6.07) is 3.75. The number of rotatable bonds is 6. The summed E-state index contributed by atoms with van der Waals surface area (Å²) in [4.78, 5) is 27.5. The quantitative estimate of drug-likeness (QED) is 0.560. The molecule has 35 heavy (non-hydrogen) atoms. The standard InChI is InChI=1S/C23H26N4O6S2/c1-35(30,31)26-16-6-9-27(10-7-16)23(29)33-17-3-4-18-19(13-24)22(34-20(18)12-17)25-21(28)5-2-15-8-11-32-14-15/h2,5,8,11,14,16-17,26H,3-4,6-7,9-10,12H2,1H3,(H,25,28)/b5-2+. The summed E-state index contributed by atoms with van der Waals surface area (Å²) < 4.78 is 36.1. The first kappa shape index (κ1) is 25.0. The number of furan rings is 1. The number of ether oxygens (including phenoxy) is 1. The number of hydrogen-bond acceptors (Lipinski definition) is 8. The van der Waals surface area contributed by atoms with Crippen molar-refractivity contribution in [2.24, 2.45) is 0 Å². The Morgan fingerprint density at radius 2 is 2.09 bits per heavy atom. The van der Waals surface area contributed by atoms with Gasteiger partial charge in [-0.15, -0.1) is 11.3 Å². The van der Waals surface area contributed by atoms with Crippen LogP contribution in [0, 0.1) is 11.3 Å². The first-order chi connectivity index (χ1) is 16.7. The highest BCUT2D eigenvalue weighted by atomic mass is 32.2. The molecule has 1 aliphatic carbocycles. The van der Waals surface area contributed by atoms with Crippen LogP contribution >= 0.6 is 11.3 Å². The van der Waals surface area contributed by atoms with E-state index < -0.39 is 16.1 Å². The monoisotopic (exact) mass is 518 g/mol. The zero-order valence-corrected chi connectivity index (χ0v) is 20.8. The van der Waals surface area contributed by atoms with Crippen LogP contribution in [0.3, 0.4) is 0 Å². The fourth-order valence-corrected chi connectivity index (χ4v) is 6.36. The second-order valence-corrected chi connectivity index (χ2v) is 11.5. The molecule has 4 rings (SSSR count). The van der Waals surface area contributed by atoms with Crippen LogP contribution in [0.4, 0.5) is 9.80 Å². The van der Waals surface area contributed by atoms with Crippen LogP contribution < -0.4 is 10.0 Å². The number of nitriles is 1. The van der Waals surface area contributed by atoms with E-state index in [4.69, 9.17) is 9.15 Å². The molecule has 3 heterocycles. The third-order valence-electron chi connectivity index (χ3n) is 5.94. The number of nitrogens with zero attached hydrogens (tertiary/aromatic N) is 2. The Hall–Kier alpha value is -3.14. The smallest absolute Gasteiger partial charge is 0.410 e. The number of likely N-dealkylation sites (tertiary alicyclic amines) is 1. The molecular weight excluding hydrogens is 492 g/mol. The Morgan fingerprint density at radius 1 is 1.31 bits per heavy atom. The third-order valence-corrected chi connectivity index (χ3v) is 7.87. The first-order valence-electron chi connectivity index (χ1n) is 11.2. The van der Waals surface area contributed by atoms with Gasteiger partial charge in [-0.25, -0.2) is 17.9 Å². The van der Waals surface area contributed by atoms with Crippen LogP contribution in [0.15, 0.2) is 29.1 Å². The van der Waals surface area contributed by atoms with Crippen LogP contribution in [0.2, 0.25) is 0 Å². The SMILES string of the molecule is CS(=O)(=O)NC1CCN(C(=O)OC2CCc3c(sc(NC(=O)/C=C/c4ccoc4)c3C#N)C2)CC1. The highest BCUT2D eigenvalue weighted by Crippen LogP contribution is 2.38. The molecule has 0 aromatic carbocycles. The normalized spacial score (nSPS) is 18.7. The van der Waals surface area contributed by atoms with Crippen LogP contribution in [0.1, 0.15) is 40.8 Å². The van der Waals surface area contributed by atoms with Gasteiger partial charge in [-0.05, 0) is 43.4 Å². The number of piperidine rings is 1. The predicted octanol–water partition coefficient (Wildman–Crippen LogP) is 2.87. The summed E-state index contributed by atoms with van der Waals surface area (Å²) >= 11 is 1.33. The van der Waals surface area contributed by atoms with Gasteiger partial charge >= 0.3 is 6.09 Å². The number of thiophene rings is 1. The number of sulfonamides is 1. The molecule has 1 fully saturated rings. The van der Waals surface area contributed by atoms with Crippen molar-refractivity contribution in [2.75, 3.05) is 24.7 Å². The molecule has 2 N–H and O–H groups in total. The van der Waals surface area contributed by atoms with Crippen molar-refractivity contribution in [3.63, 3.8) is 0 Å². The average molecular weight is 519 g/mol. The Morgan fingerprint density at radius 3 is 2.74 bits per heavy atom. The predicted molar refractivity (Wildman–Crippen MR) is 130 cm³/mol. The number of nitrogens with one attached hydrogen (secondary N) is 2. The summed E-state index contributed by atoms with van der Waals surface area (Å²) in [5.74, 6) is -0.349. The molecule has 0 saturated carbocycles. The second kappa shape index (κ2) is 10.6. The van der Waals surface area contributed by atoms with Gasteiger partial charge in [-0.1, -0.05) is 0 Å². The van der Waals surface area contributed by atoms with Crippen molar-refractivity contribution >= 4 is 44.4 Å². The van der Waals surface area contributed by atoms with Crippen molar-refractivity contribution < 1.29 is 27.2 Å². The number of carbonyl (C=O) groups excluding carboxylic acids is 2. The third kappa shape index (κ3) is 6.50. The molecule has 1 aliphatic heterocycles. The van der Waals surface area contributed by atoms with Gasteiger partial charge in [-0.3, -0.25) is 4.79 Å². The van der Waals surface area contributed by atoms with Crippen molar-refractivity contribution in [1.82, 2.24) is 9.62 Å². The van der Waals surface area contributed by atoms with E-state index in [-0.39, 0.29) is 18.1 Å². The van der Waals surface area contributed by atoms with Crippen molar-refractivity contribution in [2.45, 2.75) is 44.2 Å². The maximum absolute atomic E-state index is 12.7. The molecule has 0 spiro atoms. The second-order valence-electron chi connectivity index (χ2n) is 8.60. The lowest BCUT2D eigenvalue weighted by molar-refractivity contribution is -0.111. The molecule has 1 saturated heterocycles. The summed E-state index contributed by atoms with van der Waals surface area (Å²) in [6.45, 7) is 0.841. The average Bonchev–Trinajstić information content (AvgIpc) is 3.44. The Labute approximate surface area is 207 Å². The Kier molecular flexibility index (Phi) is 7.59. The van der Waals surface area contributed by atoms with Crippen molar-refractivity contribution in [1.29, 1.82) is 5.26 Å². The Balaban J connectivity index is 1.33. The lowest BCUT2D eigenvalue weighted by atomic mass is 9.94. The molecule has 0 bridgehead atoms. The lowest BCUT2D eigenvalue weighted by Gasteiger charge is -2.33. The molecule has 186 valence electrons. The highest BCUT2D eigenvalue weighted by Gasteiger charge is 2.31. The molecule has 2 aliphatic rings. The number of fused-ring (bicyclic) bond motifs is 1. The first-order valence-corrected chi connectivity index (χ1v) is 13.9. The van der Waals surface area contributed by atoms with Crippen molar-refractivity contribution in [3.05, 3.63) is 46.2 Å². The Bertz CT molecular complexity index is 1250. The number of amides is 2. The van der Waals surface area contributed by atoms with Gasteiger partial charge in [-0.2, -0.15) is 5.26 Å². The minimum atomic E-state index is -3.28. The highest BCUT2D eigenvalue weighted by molar-refractivity contribution is 7.88. The number of carbonyl (C=O) groups is 2. The van der Waals surface area contributed by atoms with E-state index >= 15 is 0 Å². The van der Waals surface area contributed by atoms with Gasteiger partial charge in [0, 0.05) is 42.1 Å². The molecule has 2 aromatic heterocycles. The van der Waals surface area contributed by atoms with Gasteiger partial charge < -0.3 is 19.4 Å². The van der Waals surface area contributed by atoms with Crippen LogP contribution in [0.25, 0.3) is 6.08 Å². The van der Waals surface area contributed by atoms with E-state index in [2.05, 4.69) is 16.1 Å². The fourth-order valence-electron chi connectivity index (χ4n) is 4.26. The topological polar surface area (TPSA) is 142 Å².